The van der Waals surface area contributed by atoms with E-state index in [1.807, 2.05) is 0 Å². The standard InChI is InChI=1S/C16H11Cl3F3NO2/c1-8(25-14-5-3-10(17)7-12(14)19)15(24)23-13-6-9(16(20,21)22)2-4-11(13)18/h2-8H,1H3,(H,23,24)/t8-/m1/s1. The molecule has 0 spiro atoms. The minimum atomic E-state index is -4.55. The Bertz CT molecular complexity index is 797. The van der Waals surface area contributed by atoms with Crippen LogP contribution in [0.2, 0.25) is 15.1 Å². The second-order valence-electron chi connectivity index (χ2n) is 5.02. The van der Waals surface area contributed by atoms with Crippen LogP contribution < -0.4 is 10.1 Å². The predicted molar refractivity (Wildman–Crippen MR) is 91.6 cm³/mol. The largest absolute Gasteiger partial charge is 0.479 e. The lowest BCUT2D eigenvalue weighted by atomic mass is 10.2. The van der Waals surface area contributed by atoms with Crippen LogP contribution >= 0.6 is 34.8 Å². The summed E-state index contributed by atoms with van der Waals surface area (Å²) in [6.07, 6.45) is -5.59. The van der Waals surface area contributed by atoms with Crippen molar-refractivity contribution in [3.05, 3.63) is 57.0 Å². The molecule has 0 heterocycles. The molecule has 1 amide bonds. The van der Waals surface area contributed by atoms with Crippen LogP contribution in [-0.4, -0.2) is 12.0 Å². The van der Waals surface area contributed by atoms with E-state index in [1.165, 1.54) is 25.1 Å². The van der Waals surface area contributed by atoms with Gasteiger partial charge in [0.15, 0.2) is 6.10 Å². The third-order valence-electron chi connectivity index (χ3n) is 3.12. The summed E-state index contributed by atoms with van der Waals surface area (Å²) >= 11 is 17.6. The molecule has 2 rings (SSSR count). The molecule has 0 fully saturated rings. The van der Waals surface area contributed by atoms with Crippen LogP contribution in [0.5, 0.6) is 5.75 Å². The molecule has 25 heavy (non-hydrogen) atoms. The first-order chi connectivity index (χ1) is 11.6. The number of benzene rings is 2. The first-order valence-electron chi connectivity index (χ1n) is 6.87. The molecule has 0 bridgehead atoms. The minimum Gasteiger partial charge on any atom is -0.479 e. The third kappa shape index (κ3) is 5.17. The van der Waals surface area contributed by atoms with Crippen molar-refractivity contribution in [1.82, 2.24) is 0 Å². The quantitative estimate of drug-likeness (QED) is 0.662. The van der Waals surface area contributed by atoms with Gasteiger partial charge in [-0.15, -0.1) is 0 Å². The highest BCUT2D eigenvalue weighted by Crippen LogP contribution is 2.34. The van der Waals surface area contributed by atoms with Gasteiger partial charge in [0.1, 0.15) is 5.75 Å². The van der Waals surface area contributed by atoms with Crippen molar-refractivity contribution < 1.29 is 22.7 Å². The molecule has 0 saturated heterocycles. The van der Waals surface area contributed by atoms with E-state index in [0.29, 0.717) is 5.02 Å². The minimum absolute atomic E-state index is 0.0296. The van der Waals surface area contributed by atoms with Crippen LogP contribution in [0.3, 0.4) is 0 Å². The van der Waals surface area contributed by atoms with Crippen LogP contribution in [0.4, 0.5) is 18.9 Å². The van der Waals surface area contributed by atoms with Crippen LogP contribution in [-0.2, 0) is 11.0 Å². The zero-order valence-electron chi connectivity index (χ0n) is 12.6. The SMILES string of the molecule is C[C@@H](Oc1ccc(Cl)cc1Cl)C(=O)Nc1cc(C(F)(F)F)ccc1Cl. The van der Waals surface area contributed by atoms with Gasteiger partial charge in [-0.25, -0.2) is 0 Å². The van der Waals surface area contributed by atoms with Crippen molar-refractivity contribution >= 4 is 46.4 Å². The van der Waals surface area contributed by atoms with E-state index in [1.54, 1.807) is 0 Å². The molecule has 3 nitrogen and oxygen atoms in total. The van der Waals surface area contributed by atoms with Gasteiger partial charge in [0.25, 0.3) is 5.91 Å². The third-order valence-corrected chi connectivity index (χ3v) is 3.98. The molecule has 1 N–H and O–H groups in total. The summed E-state index contributed by atoms with van der Waals surface area (Å²) in [4.78, 5) is 12.2. The fraction of sp³-hybridized carbons (Fsp3) is 0.188. The average molecular weight is 413 g/mol. The first kappa shape index (κ1) is 19.7. The second-order valence-corrected chi connectivity index (χ2v) is 6.27. The molecule has 0 aliphatic heterocycles. The summed E-state index contributed by atoms with van der Waals surface area (Å²) in [6.45, 7) is 1.42. The van der Waals surface area contributed by atoms with Crippen molar-refractivity contribution in [3.8, 4) is 5.75 Å². The van der Waals surface area contributed by atoms with Gasteiger partial charge in [0, 0.05) is 5.02 Å². The lowest BCUT2D eigenvalue weighted by Crippen LogP contribution is -2.30. The number of anilines is 1. The fourth-order valence-corrected chi connectivity index (χ4v) is 2.46. The highest BCUT2D eigenvalue weighted by molar-refractivity contribution is 6.35. The molecule has 9 heteroatoms. The lowest BCUT2D eigenvalue weighted by molar-refractivity contribution is -0.137. The molecule has 0 aliphatic carbocycles. The Hall–Kier alpha value is -1.63. The molecular formula is C16H11Cl3F3NO2. The molecule has 0 radical (unpaired) electrons. The Morgan fingerprint density at radius 1 is 1.08 bits per heavy atom. The zero-order chi connectivity index (χ0) is 18.8. The number of rotatable bonds is 4. The Morgan fingerprint density at radius 2 is 1.76 bits per heavy atom. The van der Waals surface area contributed by atoms with Crippen molar-refractivity contribution in [1.29, 1.82) is 0 Å². The summed E-state index contributed by atoms with van der Waals surface area (Å²) in [7, 11) is 0. The summed E-state index contributed by atoms with van der Waals surface area (Å²) in [6, 6.07) is 7.07. The number of hydrogen-bond donors (Lipinski definition) is 1. The van der Waals surface area contributed by atoms with Crippen molar-refractivity contribution in [2.24, 2.45) is 0 Å². The van der Waals surface area contributed by atoms with E-state index in [4.69, 9.17) is 39.5 Å². The van der Waals surface area contributed by atoms with E-state index in [0.717, 1.165) is 18.2 Å². The number of nitrogens with one attached hydrogen (secondary N) is 1. The summed E-state index contributed by atoms with van der Waals surface area (Å²) in [5.41, 5.74) is -1.10. The maximum atomic E-state index is 12.8. The van der Waals surface area contributed by atoms with E-state index in [9.17, 15) is 18.0 Å². The summed E-state index contributed by atoms with van der Waals surface area (Å²) in [5, 5.41) is 2.87. The van der Waals surface area contributed by atoms with E-state index >= 15 is 0 Å². The maximum absolute atomic E-state index is 12.8. The van der Waals surface area contributed by atoms with Gasteiger partial charge in [-0.1, -0.05) is 34.8 Å². The van der Waals surface area contributed by atoms with Crippen LogP contribution in [0, 0.1) is 0 Å². The second kappa shape index (κ2) is 7.72. The smallest absolute Gasteiger partial charge is 0.416 e. The average Bonchev–Trinajstić information content (AvgIpc) is 2.50. The molecule has 0 saturated carbocycles. The zero-order valence-corrected chi connectivity index (χ0v) is 14.9. The van der Waals surface area contributed by atoms with E-state index < -0.39 is 23.8 Å². The number of halogens is 6. The number of alkyl halides is 3. The molecule has 134 valence electrons. The van der Waals surface area contributed by atoms with E-state index in [2.05, 4.69) is 5.32 Å². The van der Waals surface area contributed by atoms with Crippen LogP contribution in [0.1, 0.15) is 12.5 Å². The molecular weight excluding hydrogens is 402 g/mol. The van der Waals surface area contributed by atoms with E-state index in [-0.39, 0.29) is 21.5 Å². The first-order valence-corrected chi connectivity index (χ1v) is 8.00. The Morgan fingerprint density at radius 3 is 2.36 bits per heavy atom. The van der Waals surface area contributed by atoms with Crippen molar-refractivity contribution in [2.45, 2.75) is 19.2 Å². The number of hydrogen-bond acceptors (Lipinski definition) is 2. The molecule has 0 aromatic heterocycles. The molecule has 0 aliphatic rings. The van der Waals surface area contributed by atoms with Gasteiger partial charge in [-0.3, -0.25) is 4.79 Å². The van der Waals surface area contributed by atoms with Gasteiger partial charge < -0.3 is 10.1 Å². The Balaban J connectivity index is 2.13. The van der Waals surface area contributed by atoms with Crippen LogP contribution in [0.15, 0.2) is 36.4 Å². The summed E-state index contributed by atoms with van der Waals surface area (Å²) < 4.78 is 43.7. The van der Waals surface area contributed by atoms with Gasteiger partial charge >= 0.3 is 6.18 Å². The number of amides is 1. The highest BCUT2D eigenvalue weighted by atomic mass is 35.5. The normalized spacial score (nSPS) is 12.6. The monoisotopic (exact) mass is 411 g/mol. The number of carbonyl (C=O) groups is 1. The van der Waals surface area contributed by atoms with Gasteiger partial charge in [0.2, 0.25) is 0 Å². The molecule has 1 atom stereocenters. The maximum Gasteiger partial charge on any atom is 0.416 e. The van der Waals surface area contributed by atoms with Gasteiger partial charge in [-0.05, 0) is 43.3 Å². The molecule has 0 unspecified atom stereocenters. The molecule has 2 aromatic rings. The van der Waals surface area contributed by atoms with Crippen molar-refractivity contribution in [3.63, 3.8) is 0 Å². The van der Waals surface area contributed by atoms with Gasteiger partial charge in [0.05, 0.1) is 21.3 Å². The van der Waals surface area contributed by atoms with Crippen LogP contribution in [0.25, 0.3) is 0 Å². The summed E-state index contributed by atoms with van der Waals surface area (Å²) in [5.74, 6) is -0.476. The highest BCUT2D eigenvalue weighted by Gasteiger charge is 2.31. The molecule has 2 aromatic carbocycles. The number of carbonyl (C=O) groups excluding carboxylic acids is 1. The number of ether oxygens (including phenoxy) is 1. The lowest BCUT2D eigenvalue weighted by Gasteiger charge is -2.17. The Labute approximate surface area is 156 Å². The van der Waals surface area contributed by atoms with Crippen molar-refractivity contribution in [2.75, 3.05) is 5.32 Å². The van der Waals surface area contributed by atoms with Gasteiger partial charge in [-0.2, -0.15) is 13.2 Å². The fourth-order valence-electron chi connectivity index (χ4n) is 1.85. The topological polar surface area (TPSA) is 38.3 Å². The Kier molecular flexibility index (Phi) is 6.08. The predicted octanol–water partition coefficient (Wildman–Crippen LogP) is 6.07.